The first-order chi connectivity index (χ1) is 7.25. The summed E-state index contributed by atoms with van der Waals surface area (Å²) >= 11 is 0. The second kappa shape index (κ2) is 4.62. The van der Waals surface area contributed by atoms with E-state index in [1.807, 2.05) is 6.07 Å². The molecule has 1 aromatic heterocycles. The molecule has 15 heavy (non-hydrogen) atoms. The Morgan fingerprint density at radius 2 is 2.47 bits per heavy atom. The van der Waals surface area contributed by atoms with Crippen molar-refractivity contribution in [2.24, 2.45) is 0 Å². The second-order valence-electron chi connectivity index (χ2n) is 4.34. The summed E-state index contributed by atoms with van der Waals surface area (Å²) in [6.07, 6.45) is 7.13. The van der Waals surface area contributed by atoms with E-state index in [-0.39, 0.29) is 0 Å². The van der Waals surface area contributed by atoms with Crippen molar-refractivity contribution < 1.29 is 9.21 Å². The van der Waals surface area contributed by atoms with Crippen LogP contribution < -0.4 is 0 Å². The number of carbonyl (C=O) groups excluding carboxylic acids is 1. The highest BCUT2D eigenvalue weighted by atomic mass is 16.3. The molecule has 0 spiro atoms. The highest BCUT2D eigenvalue weighted by Crippen LogP contribution is 2.20. The molecule has 3 nitrogen and oxygen atoms in total. The molecule has 82 valence electrons. The van der Waals surface area contributed by atoms with Crippen molar-refractivity contribution >= 4 is 5.78 Å². The van der Waals surface area contributed by atoms with Gasteiger partial charge in [-0.25, -0.2) is 0 Å². The van der Waals surface area contributed by atoms with Crippen LogP contribution in [0.1, 0.15) is 31.2 Å². The third-order valence-corrected chi connectivity index (χ3v) is 3.09. The topological polar surface area (TPSA) is 33.5 Å². The highest BCUT2D eigenvalue weighted by molar-refractivity contribution is 5.79. The number of nitrogens with zero attached hydrogens (tertiary/aromatic N) is 1. The quantitative estimate of drug-likeness (QED) is 0.762. The number of Topliss-reactive ketones (excluding diaryl/α,β-unsaturated/α-hetero) is 1. The molecule has 0 saturated heterocycles. The first kappa shape index (κ1) is 10.4. The third kappa shape index (κ3) is 2.69. The zero-order valence-electron chi connectivity index (χ0n) is 9.11. The minimum Gasteiger partial charge on any atom is -0.472 e. The summed E-state index contributed by atoms with van der Waals surface area (Å²) in [5, 5.41) is 0. The summed E-state index contributed by atoms with van der Waals surface area (Å²) in [6.45, 7) is 0.869. The zero-order chi connectivity index (χ0) is 10.7. The van der Waals surface area contributed by atoms with Crippen LogP contribution in [0.25, 0.3) is 0 Å². The molecule has 1 aliphatic rings. The summed E-state index contributed by atoms with van der Waals surface area (Å²) in [7, 11) is 2.08. The van der Waals surface area contributed by atoms with Crippen LogP contribution in [0.2, 0.25) is 0 Å². The molecular weight excluding hydrogens is 190 g/mol. The Kier molecular flexibility index (Phi) is 3.21. The minimum atomic E-state index is 0.408. The van der Waals surface area contributed by atoms with E-state index in [0.717, 1.165) is 25.8 Å². The van der Waals surface area contributed by atoms with Crippen LogP contribution in [0, 0.1) is 0 Å². The van der Waals surface area contributed by atoms with Crippen molar-refractivity contribution in [3.8, 4) is 0 Å². The molecule has 0 aliphatic heterocycles. The van der Waals surface area contributed by atoms with Crippen molar-refractivity contribution in [3.05, 3.63) is 24.2 Å². The Morgan fingerprint density at radius 3 is 3.13 bits per heavy atom. The molecule has 3 heteroatoms. The van der Waals surface area contributed by atoms with Crippen LogP contribution in [-0.2, 0) is 11.3 Å². The van der Waals surface area contributed by atoms with E-state index < -0.39 is 0 Å². The molecule has 2 rings (SSSR count). The van der Waals surface area contributed by atoms with Gasteiger partial charge in [0.1, 0.15) is 5.78 Å². The van der Waals surface area contributed by atoms with Crippen LogP contribution in [0.4, 0.5) is 0 Å². The van der Waals surface area contributed by atoms with Crippen molar-refractivity contribution in [2.75, 3.05) is 7.05 Å². The Balaban J connectivity index is 1.90. The first-order valence-corrected chi connectivity index (χ1v) is 5.49. The number of ketones is 1. The molecule has 0 radical (unpaired) electrons. The molecule has 1 unspecified atom stereocenters. The van der Waals surface area contributed by atoms with Gasteiger partial charge < -0.3 is 4.42 Å². The molecule has 0 N–H and O–H groups in total. The number of hydrogen-bond acceptors (Lipinski definition) is 3. The van der Waals surface area contributed by atoms with E-state index in [9.17, 15) is 4.79 Å². The zero-order valence-corrected chi connectivity index (χ0v) is 9.11. The highest BCUT2D eigenvalue weighted by Gasteiger charge is 2.22. The van der Waals surface area contributed by atoms with Gasteiger partial charge in [-0.3, -0.25) is 9.69 Å². The van der Waals surface area contributed by atoms with Gasteiger partial charge in [-0.2, -0.15) is 0 Å². The maximum Gasteiger partial charge on any atom is 0.134 e. The van der Waals surface area contributed by atoms with E-state index in [1.165, 1.54) is 5.56 Å². The summed E-state index contributed by atoms with van der Waals surface area (Å²) < 4.78 is 5.03. The Bertz CT molecular complexity index is 318. The molecule has 1 saturated carbocycles. The summed E-state index contributed by atoms with van der Waals surface area (Å²) in [5.74, 6) is 0.408. The fraction of sp³-hybridized carbons (Fsp3) is 0.583. The number of furan rings is 1. The average Bonchev–Trinajstić information content (AvgIpc) is 2.70. The normalized spacial score (nSPS) is 22.3. The first-order valence-electron chi connectivity index (χ1n) is 5.49. The molecule has 1 atom stereocenters. The van der Waals surface area contributed by atoms with Gasteiger partial charge in [0.25, 0.3) is 0 Å². The maximum atomic E-state index is 11.3. The van der Waals surface area contributed by atoms with Crippen molar-refractivity contribution in [1.82, 2.24) is 4.90 Å². The number of carbonyl (C=O) groups is 1. The lowest BCUT2D eigenvalue weighted by atomic mass is 9.93. The molecule has 0 bridgehead atoms. The van der Waals surface area contributed by atoms with E-state index in [1.54, 1.807) is 12.5 Å². The molecule has 1 aliphatic carbocycles. The molecular formula is C12H17NO2. The van der Waals surface area contributed by atoms with Crippen molar-refractivity contribution in [3.63, 3.8) is 0 Å². The van der Waals surface area contributed by atoms with Crippen LogP contribution in [0.15, 0.2) is 23.0 Å². The van der Waals surface area contributed by atoms with Crippen LogP contribution >= 0.6 is 0 Å². The fourth-order valence-electron chi connectivity index (χ4n) is 2.18. The number of rotatable bonds is 3. The van der Waals surface area contributed by atoms with Gasteiger partial charge in [-0.15, -0.1) is 0 Å². The molecule has 1 fully saturated rings. The monoisotopic (exact) mass is 207 g/mol. The van der Waals surface area contributed by atoms with Gasteiger partial charge in [0.2, 0.25) is 0 Å². The molecule has 1 heterocycles. The lowest BCUT2D eigenvalue weighted by molar-refractivity contribution is -0.121. The van der Waals surface area contributed by atoms with Crippen molar-refractivity contribution in [1.29, 1.82) is 0 Å². The predicted molar refractivity (Wildman–Crippen MR) is 57.4 cm³/mol. The Morgan fingerprint density at radius 1 is 1.60 bits per heavy atom. The van der Waals surface area contributed by atoms with Gasteiger partial charge in [0.05, 0.1) is 12.5 Å². The predicted octanol–water partition coefficient (Wildman–Crippen LogP) is 2.22. The Labute approximate surface area is 90.1 Å². The minimum absolute atomic E-state index is 0.408. The van der Waals surface area contributed by atoms with E-state index in [4.69, 9.17) is 4.42 Å². The standard InChI is InChI=1S/C12H17NO2/c1-13(8-10-5-6-15-9-10)11-3-2-4-12(14)7-11/h5-6,9,11H,2-4,7-8H2,1H3. The SMILES string of the molecule is CN(Cc1ccoc1)C1CCCC(=O)C1. The fourth-order valence-corrected chi connectivity index (χ4v) is 2.18. The molecule has 0 amide bonds. The average molecular weight is 207 g/mol. The van der Waals surface area contributed by atoms with Gasteiger partial charge in [-0.05, 0) is 26.0 Å². The lowest BCUT2D eigenvalue weighted by Gasteiger charge is -2.30. The van der Waals surface area contributed by atoms with E-state index in [2.05, 4.69) is 11.9 Å². The summed E-state index contributed by atoms with van der Waals surface area (Å²) in [5.41, 5.74) is 1.18. The second-order valence-corrected chi connectivity index (χ2v) is 4.34. The van der Waals surface area contributed by atoms with Crippen molar-refractivity contribution in [2.45, 2.75) is 38.3 Å². The lowest BCUT2D eigenvalue weighted by Crippen LogP contribution is -2.35. The number of hydrogen-bond donors (Lipinski definition) is 0. The van der Waals surface area contributed by atoms with Gasteiger partial charge >= 0.3 is 0 Å². The maximum absolute atomic E-state index is 11.3. The molecule has 1 aromatic rings. The molecule has 0 aromatic carbocycles. The summed E-state index contributed by atoms with van der Waals surface area (Å²) in [6, 6.07) is 2.39. The van der Waals surface area contributed by atoms with E-state index in [0.29, 0.717) is 18.2 Å². The van der Waals surface area contributed by atoms with Crippen LogP contribution in [0.5, 0.6) is 0 Å². The van der Waals surface area contributed by atoms with Gasteiger partial charge in [0.15, 0.2) is 0 Å². The third-order valence-electron chi connectivity index (χ3n) is 3.09. The smallest absolute Gasteiger partial charge is 0.134 e. The van der Waals surface area contributed by atoms with Crippen LogP contribution in [-0.4, -0.2) is 23.8 Å². The van der Waals surface area contributed by atoms with E-state index >= 15 is 0 Å². The van der Waals surface area contributed by atoms with Gasteiger partial charge in [0, 0.05) is 31.0 Å². The summed E-state index contributed by atoms with van der Waals surface area (Å²) in [4.78, 5) is 13.6. The largest absolute Gasteiger partial charge is 0.472 e. The Hall–Kier alpha value is -1.09. The van der Waals surface area contributed by atoms with Gasteiger partial charge in [-0.1, -0.05) is 0 Å². The van der Waals surface area contributed by atoms with Crippen LogP contribution in [0.3, 0.4) is 0 Å².